The van der Waals surface area contributed by atoms with Crippen LogP contribution in [0.4, 0.5) is 0 Å². The Morgan fingerprint density at radius 1 is 1.20 bits per heavy atom. The molecule has 1 aromatic carbocycles. The smallest absolute Gasteiger partial charge is 0.317 e. The molecule has 1 aromatic heterocycles. The SMILES string of the molecule is CCOC(=O)[C@@H]1C(=O)C=C(/C=C/c2cccs2)C[C@@H]1c1ccccc1. The Morgan fingerprint density at radius 3 is 2.68 bits per heavy atom. The van der Waals surface area contributed by atoms with E-state index in [1.54, 1.807) is 24.3 Å². The molecule has 1 aliphatic carbocycles. The van der Waals surface area contributed by atoms with Gasteiger partial charge in [0.25, 0.3) is 0 Å². The summed E-state index contributed by atoms with van der Waals surface area (Å²) in [6, 6.07) is 13.8. The average Bonchev–Trinajstić information content (AvgIpc) is 3.14. The van der Waals surface area contributed by atoms with Crippen molar-refractivity contribution >= 4 is 29.2 Å². The van der Waals surface area contributed by atoms with E-state index in [-0.39, 0.29) is 18.3 Å². The summed E-state index contributed by atoms with van der Waals surface area (Å²) in [7, 11) is 0. The first-order valence-corrected chi connectivity index (χ1v) is 9.24. The lowest BCUT2D eigenvalue weighted by molar-refractivity contribution is -0.151. The van der Waals surface area contributed by atoms with Crippen molar-refractivity contribution in [3.63, 3.8) is 0 Å². The highest BCUT2D eigenvalue weighted by Gasteiger charge is 2.38. The maximum Gasteiger partial charge on any atom is 0.317 e. The van der Waals surface area contributed by atoms with Gasteiger partial charge in [0.1, 0.15) is 5.92 Å². The molecule has 0 N–H and O–H groups in total. The number of benzene rings is 1. The molecule has 0 spiro atoms. The molecule has 0 bridgehead atoms. The van der Waals surface area contributed by atoms with Gasteiger partial charge >= 0.3 is 5.97 Å². The minimum atomic E-state index is -0.763. The van der Waals surface area contributed by atoms with Crippen molar-refractivity contribution in [3.8, 4) is 0 Å². The lowest BCUT2D eigenvalue weighted by Crippen LogP contribution is -2.34. The third-order valence-corrected chi connectivity index (χ3v) is 5.10. The first-order valence-electron chi connectivity index (χ1n) is 8.36. The third-order valence-electron chi connectivity index (χ3n) is 4.27. The lowest BCUT2D eigenvalue weighted by atomic mass is 9.75. The van der Waals surface area contributed by atoms with Gasteiger partial charge in [-0.25, -0.2) is 0 Å². The fraction of sp³-hybridized carbons (Fsp3) is 0.238. The summed E-state index contributed by atoms with van der Waals surface area (Å²) in [5, 5.41) is 2.02. The predicted molar refractivity (Wildman–Crippen MR) is 100 cm³/mol. The number of allylic oxidation sites excluding steroid dienone is 3. The van der Waals surface area contributed by atoms with Crippen LogP contribution in [-0.2, 0) is 14.3 Å². The maximum absolute atomic E-state index is 12.7. The third kappa shape index (κ3) is 4.15. The molecule has 0 fully saturated rings. The number of carbonyl (C=O) groups is 2. The molecule has 2 atom stereocenters. The van der Waals surface area contributed by atoms with Crippen LogP contribution in [0.1, 0.15) is 29.7 Å². The van der Waals surface area contributed by atoms with Gasteiger partial charge in [0.15, 0.2) is 5.78 Å². The van der Waals surface area contributed by atoms with Gasteiger partial charge in [-0.05, 0) is 48.1 Å². The number of rotatable bonds is 5. The molecule has 0 unspecified atom stereocenters. The largest absolute Gasteiger partial charge is 0.465 e. The molecule has 1 heterocycles. The summed E-state index contributed by atoms with van der Waals surface area (Å²) in [6.07, 6.45) is 6.21. The Hall–Kier alpha value is -2.46. The Morgan fingerprint density at radius 2 is 2.00 bits per heavy atom. The molecular weight excluding hydrogens is 332 g/mol. The molecule has 0 radical (unpaired) electrons. The van der Waals surface area contributed by atoms with Gasteiger partial charge in [0.05, 0.1) is 6.61 Å². The topological polar surface area (TPSA) is 43.4 Å². The molecule has 3 nitrogen and oxygen atoms in total. The minimum absolute atomic E-state index is 0.176. The molecule has 2 aromatic rings. The molecule has 3 rings (SSSR count). The first-order chi connectivity index (χ1) is 12.2. The van der Waals surface area contributed by atoms with Crippen LogP contribution in [0, 0.1) is 5.92 Å². The van der Waals surface area contributed by atoms with E-state index >= 15 is 0 Å². The molecular formula is C21H20O3S. The van der Waals surface area contributed by atoms with E-state index in [1.165, 1.54) is 0 Å². The highest BCUT2D eigenvalue weighted by Crippen LogP contribution is 2.37. The molecule has 1 aliphatic rings. The summed E-state index contributed by atoms with van der Waals surface area (Å²) in [4.78, 5) is 26.1. The Bertz CT molecular complexity index is 788. The standard InChI is InChI=1S/C21H20O3S/c1-2-24-21(23)20-18(16-7-4-3-5-8-16)13-15(14-19(20)22)10-11-17-9-6-12-25-17/h3-12,14,18,20H,2,13H2,1H3/b11-10+/t18-,20+/m1/s1. The minimum Gasteiger partial charge on any atom is -0.465 e. The van der Waals surface area contributed by atoms with Crippen LogP contribution in [0.3, 0.4) is 0 Å². The summed E-state index contributed by atoms with van der Waals surface area (Å²) in [5.74, 6) is -1.56. The summed E-state index contributed by atoms with van der Waals surface area (Å²) >= 11 is 1.65. The van der Waals surface area contributed by atoms with Gasteiger partial charge in [-0.3, -0.25) is 9.59 Å². The van der Waals surface area contributed by atoms with Crippen LogP contribution in [0.25, 0.3) is 6.08 Å². The van der Waals surface area contributed by atoms with Crippen LogP contribution >= 0.6 is 11.3 Å². The van der Waals surface area contributed by atoms with E-state index in [0.717, 1.165) is 16.0 Å². The quantitative estimate of drug-likeness (QED) is 0.582. The van der Waals surface area contributed by atoms with E-state index in [2.05, 4.69) is 0 Å². The fourth-order valence-electron chi connectivity index (χ4n) is 3.12. The van der Waals surface area contributed by atoms with E-state index in [0.29, 0.717) is 6.42 Å². The second kappa shape index (κ2) is 8.08. The van der Waals surface area contributed by atoms with Gasteiger partial charge in [0, 0.05) is 10.8 Å². The van der Waals surface area contributed by atoms with Crippen molar-refractivity contribution in [2.75, 3.05) is 6.61 Å². The van der Waals surface area contributed by atoms with Gasteiger partial charge in [-0.1, -0.05) is 42.5 Å². The first kappa shape index (κ1) is 17.4. The monoisotopic (exact) mass is 352 g/mol. The average molecular weight is 352 g/mol. The Balaban J connectivity index is 1.90. The van der Waals surface area contributed by atoms with Gasteiger partial charge in [0.2, 0.25) is 0 Å². The Labute approximate surface area is 151 Å². The molecule has 0 saturated heterocycles. The van der Waals surface area contributed by atoms with Crippen LogP contribution in [0.15, 0.2) is 65.6 Å². The Kier molecular flexibility index (Phi) is 5.61. The number of ether oxygens (including phenoxy) is 1. The summed E-state index contributed by atoms with van der Waals surface area (Å²) in [6.45, 7) is 2.03. The zero-order valence-corrected chi connectivity index (χ0v) is 14.9. The second-order valence-corrected chi connectivity index (χ2v) is 6.90. The molecule has 128 valence electrons. The lowest BCUT2D eigenvalue weighted by Gasteiger charge is -2.28. The zero-order chi connectivity index (χ0) is 17.6. The second-order valence-electron chi connectivity index (χ2n) is 5.92. The van der Waals surface area contributed by atoms with Crippen LogP contribution in [0.5, 0.6) is 0 Å². The van der Waals surface area contributed by atoms with E-state index < -0.39 is 11.9 Å². The molecule has 0 saturated carbocycles. The van der Waals surface area contributed by atoms with E-state index in [9.17, 15) is 9.59 Å². The molecule has 25 heavy (non-hydrogen) atoms. The number of hydrogen-bond acceptors (Lipinski definition) is 4. The fourth-order valence-corrected chi connectivity index (χ4v) is 3.73. The predicted octanol–water partition coefficient (Wildman–Crippen LogP) is 4.62. The van der Waals surface area contributed by atoms with E-state index in [4.69, 9.17) is 4.74 Å². The van der Waals surface area contributed by atoms with Crippen LogP contribution in [-0.4, -0.2) is 18.4 Å². The normalized spacial score (nSPS) is 20.5. The van der Waals surface area contributed by atoms with Crippen molar-refractivity contribution in [1.29, 1.82) is 0 Å². The van der Waals surface area contributed by atoms with Gasteiger partial charge in [-0.2, -0.15) is 0 Å². The number of carbonyl (C=O) groups excluding carboxylic acids is 2. The summed E-state index contributed by atoms with van der Waals surface area (Å²) < 4.78 is 5.15. The van der Waals surface area contributed by atoms with Crippen molar-refractivity contribution in [2.24, 2.45) is 5.92 Å². The summed E-state index contributed by atoms with van der Waals surface area (Å²) in [5.41, 5.74) is 1.93. The van der Waals surface area contributed by atoms with Crippen LogP contribution < -0.4 is 0 Å². The number of esters is 1. The highest BCUT2D eigenvalue weighted by atomic mass is 32.1. The molecule has 0 aliphatic heterocycles. The maximum atomic E-state index is 12.7. The molecule has 0 amide bonds. The van der Waals surface area contributed by atoms with Crippen molar-refractivity contribution in [1.82, 2.24) is 0 Å². The van der Waals surface area contributed by atoms with E-state index in [1.807, 2.05) is 60.0 Å². The highest BCUT2D eigenvalue weighted by molar-refractivity contribution is 7.10. The number of ketones is 1. The zero-order valence-electron chi connectivity index (χ0n) is 14.1. The van der Waals surface area contributed by atoms with Crippen LogP contribution in [0.2, 0.25) is 0 Å². The molecule has 4 heteroatoms. The number of thiophene rings is 1. The van der Waals surface area contributed by atoms with Crippen molar-refractivity contribution < 1.29 is 14.3 Å². The van der Waals surface area contributed by atoms with Crippen molar-refractivity contribution in [2.45, 2.75) is 19.3 Å². The number of hydrogen-bond donors (Lipinski definition) is 0. The van der Waals surface area contributed by atoms with Crippen molar-refractivity contribution in [3.05, 3.63) is 76.0 Å². The van der Waals surface area contributed by atoms with Gasteiger partial charge < -0.3 is 4.74 Å². The van der Waals surface area contributed by atoms with Gasteiger partial charge in [-0.15, -0.1) is 11.3 Å².